The van der Waals surface area contributed by atoms with Crippen LogP contribution in [0.15, 0.2) is 12.1 Å². The van der Waals surface area contributed by atoms with E-state index in [1.54, 1.807) is 0 Å². The average Bonchev–Trinajstić information content (AvgIpc) is 2.36. The van der Waals surface area contributed by atoms with Crippen molar-refractivity contribution in [2.75, 3.05) is 13.1 Å². The van der Waals surface area contributed by atoms with E-state index in [0.29, 0.717) is 5.92 Å². The van der Waals surface area contributed by atoms with Crippen LogP contribution in [0.4, 0.5) is 4.39 Å². The largest absolute Gasteiger partial charge is 0.349 e. The summed E-state index contributed by atoms with van der Waals surface area (Å²) in [4.78, 5) is 12.1. The summed E-state index contributed by atoms with van der Waals surface area (Å²) in [6.07, 6.45) is 0.848. The standard InChI is InChI=1S/C13H15Cl2FN2O.ClH/c1-7-6-17-3-2-12(7)18-13(19)8-4-11(16)10(15)5-9(8)14;/h4-5,7,12,17H,2-3,6H2,1H3,(H,18,19);1H. The number of hydrogen-bond donors (Lipinski definition) is 2. The summed E-state index contributed by atoms with van der Waals surface area (Å²) in [5, 5.41) is 6.22. The number of carbonyl (C=O) groups excluding carboxylic acids is 1. The van der Waals surface area contributed by atoms with Crippen LogP contribution < -0.4 is 10.6 Å². The van der Waals surface area contributed by atoms with E-state index >= 15 is 0 Å². The zero-order valence-corrected chi connectivity index (χ0v) is 13.2. The predicted octanol–water partition coefficient (Wildman–Crippen LogP) is 3.28. The maximum atomic E-state index is 13.4. The van der Waals surface area contributed by atoms with Crippen molar-refractivity contribution in [3.63, 3.8) is 0 Å². The SMILES string of the molecule is CC1CNCCC1NC(=O)c1cc(F)c(Cl)cc1Cl.Cl. The van der Waals surface area contributed by atoms with Gasteiger partial charge in [0.1, 0.15) is 5.82 Å². The van der Waals surface area contributed by atoms with Crippen LogP contribution in [0.2, 0.25) is 10.0 Å². The van der Waals surface area contributed by atoms with Gasteiger partial charge in [0.2, 0.25) is 0 Å². The fraction of sp³-hybridized carbons (Fsp3) is 0.462. The van der Waals surface area contributed by atoms with Crippen molar-refractivity contribution in [3.8, 4) is 0 Å². The molecule has 1 saturated heterocycles. The van der Waals surface area contributed by atoms with E-state index in [1.807, 2.05) is 0 Å². The van der Waals surface area contributed by atoms with Crippen LogP contribution in [-0.2, 0) is 0 Å². The van der Waals surface area contributed by atoms with E-state index in [1.165, 1.54) is 6.07 Å². The third-order valence-electron chi connectivity index (χ3n) is 3.36. The zero-order valence-electron chi connectivity index (χ0n) is 10.9. The topological polar surface area (TPSA) is 41.1 Å². The molecule has 3 nitrogen and oxygen atoms in total. The highest BCUT2D eigenvalue weighted by Crippen LogP contribution is 2.24. The molecule has 1 heterocycles. The van der Waals surface area contributed by atoms with Gasteiger partial charge in [0, 0.05) is 6.04 Å². The van der Waals surface area contributed by atoms with E-state index in [0.717, 1.165) is 25.6 Å². The highest BCUT2D eigenvalue weighted by atomic mass is 35.5. The summed E-state index contributed by atoms with van der Waals surface area (Å²) in [6, 6.07) is 2.40. The summed E-state index contributed by atoms with van der Waals surface area (Å²) >= 11 is 11.5. The van der Waals surface area contributed by atoms with E-state index in [-0.39, 0.29) is 40.0 Å². The highest BCUT2D eigenvalue weighted by molar-refractivity contribution is 6.36. The minimum absolute atomic E-state index is 0. The summed E-state index contributed by atoms with van der Waals surface area (Å²) in [7, 11) is 0. The molecule has 0 radical (unpaired) electrons. The van der Waals surface area contributed by atoms with Gasteiger partial charge in [-0.15, -0.1) is 12.4 Å². The van der Waals surface area contributed by atoms with Gasteiger partial charge in [0.15, 0.2) is 0 Å². The lowest BCUT2D eigenvalue weighted by molar-refractivity contribution is 0.0914. The van der Waals surface area contributed by atoms with Crippen LogP contribution in [-0.4, -0.2) is 25.0 Å². The Kier molecular flexibility index (Phi) is 6.52. The monoisotopic (exact) mass is 340 g/mol. The third kappa shape index (κ3) is 3.98. The number of nitrogens with one attached hydrogen (secondary N) is 2. The molecule has 1 aliphatic heterocycles. The molecular weight excluding hydrogens is 326 g/mol. The van der Waals surface area contributed by atoms with Gasteiger partial charge >= 0.3 is 0 Å². The first-order chi connectivity index (χ1) is 8.99. The Hall–Kier alpha value is -0.550. The lowest BCUT2D eigenvalue weighted by atomic mass is 9.95. The molecule has 0 aromatic heterocycles. The first-order valence-electron chi connectivity index (χ1n) is 6.15. The van der Waals surface area contributed by atoms with Crippen molar-refractivity contribution in [1.82, 2.24) is 10.6 Å². The molecule has 1 aromatic rings. The Morgan fingerprint density at radius 1 is 1.40 bits per heavy atom. The van der Waals surface area contributed by atoms with Gasteiger partial charge in [0.25, 0.3) is 5.91 Å². The normalized spacial score (nSPS) is 22.0. The third-order valence-corrected chi connectivity index (χ3v) is 3.96. The molecular formula is C13H16Cl3FN2O. The molecule has 2 atom stereocenters. The van der Waals surface area contributed by atoms with E-state index in [9.17, 15) is 9.18 Å². The van der Waals surface area contributed by atoms with Crippen molar-refractivity contribution in [1.29, 1.82) is 0 Å². The number of amides is 1. The molecule has 1 fully saturated rings. The Morgan fingerprint density at radius 2 is 2.10 bits per heavy atom. The first kappa shape index (κ1) is 17.5. The van der Waals surface area contributed by atoms with Gasteiger partial charge in [0.05, 0.1) is 15.6 Å². The first-order valence-corrected chi connectivity index (χ1v) is 6.90. The second-order valence-corrected chi connectivity index (χ2v) is 5.61. The van der Waals surface area contributed by atoms with Crippen LogP contribution in [0.25, 0.3) is 0 Å². The summed E-state index contributed by atoms with van der Waals surface area (Å²) in [6.45, 7) is 3.77. The van der Waals surface area contributed by atoms with Crippen molar-refractivity contribution in [3.05, 3.63) is 33.6 Å². The van der Waals surface area contributed by atoms with Crippen LogP contribution in [0, 0.1) is 11.7 Å². The molecule has 0 saturated carbocycles. The van der Waals surface area contributed by atoms with Crippen molar-refractivity contribution in [2.45, 2.75) is 19.4 Å². The highest BCUT2D eigenvalue weighted by Gasteiger charge is 2.24. The number of piperidine rings is 1. The number of rotatable bonds is 2. The van der Waals surface area contributed by atoms with Crippen LogP contribution in [0.1, 0.15) is 23.7 Å². The van der Waals surface area contributed by atoms with Gasteiger partial charge in [-0.05, 0) is 37.6 Å². The smallest absolute Gasteiger partial charge is 0.253 e. The van der Waals surface area contributed by atoms with Gasteiger partial charge in [-0.25, -0.2) is 4.39 Å². The summed E-state index contributed by atoms with van der Waals surface area (Å²) < 4.78 is 13.4. The van der Waals surface area contributed by atoms with Crippen molar-refractivity contribution < 1.29 is 9.18 Å². The second-order valence-electron chi connectivity index (χ2n) is 4.80. The van der Waals surface area contributed by atoms with Gasteiger partial charge in [-0.1, -0.05) is 30.1 Å². The molecule has 1 amide bonds. The molecule has 0 aliphatic carbocycles. The number of hydrogen-bond acceptors (Lipinski definition) is 2. The number of carbonyl (C=O) groups is 1. The Balaban J connectivity index is 0.00000200. The van der Waals surface area contributed by atoms with Crippen LogP contribution >= 0.6 is 35.6 Å². The van der Waals surface area contributed by atoms with Crippen LogP contribution in [0.5, 0.6) is 0 Å². The molecule has 2 unspecified atom stereocenters. The second kappa shape index (κ2) is 7.46. The Labute approximate surface area is 133 Å². The van der Waals surface area contributed by atoms with Gasteiger partial charge in [-0.3, -0.25) is 4.79 Å². The molecule has 2 rings (SSSR count). The quantitative estimate of drug-likeness (QED) is 0.811. The van der Waals surface area contributed by atoms with Crippen molar-refractivity contribution >= 4 is 41.5 Å². The van der Waals surface area contributed by atoms with E-state index in [4.69, 9.17) is 23.2 Å². The minimum Gasteiger partial charge on any atom is -0.349 e. The predicted molar refractivity (Wildman–Crippen MR) is 81.6 cm³/mol. The molecule has 0 spiro atoms. The maximum Gasteiger partial charge on any atom is 0.253 e. The zero-order chi connectivity index (χ0) is 14.0. The lowest BCUT2D eigenvalue weighted by Crippen LogP contribution is -2.48. The average molecular weight is 342 g/mol. The minimum atomic E-state index is -0.644. The Morgan fingerprint density at radius 3 is 2.75 bits per heavy atom. The molecule has 1 aromatic carbocycles. The Bertz CT molecular complexity index is 499. The molecule has 0 bridgehead atoms. The van der Waals surface area contributed by atoms with Crippen LogP contribution in [0.3, 0.4) is 0 Å². The molecule has 1 aliphatic rings. The number of benzene rings is 1. The lowest BCUT2D eigenvalue weighted by Gasteiger charge is -2.30. The molecule has 2 N–H and O–H groups in total. The molecule has 7 heteroatoms. The van der Waals surface area contributed by atoms with E-state index in [2.05, 4.69) is 17.6 Å². The fourth-order valence-corrected chi connectivity index (χ4v) is 2.64. The summed E-state index contributed by atoms with van der Waals surface area (Å²) in [5.74, 6) is -0.678. The number of halogens is 4. The van der Waals surface area contributed by atoms with Gasteiger partial charge in [-0.2, -0.15) is 0 Å². The van der Waals surface area contributed by atoms with Gasteiger partial charge < -0.3 is 10.6 Å². The van der Waals surface area contributed by atoms with E-state index < -0.39 is 5.82 Å². The molecule has 20 heavy (non-hydrogen) atoms. The molecule has 112 valence electrons. The van der Waals surface area contributed by atoms with Crippen molar-refractivity contribution in [2.24, 2.45) is 5.92 Å². The fourth-order valence-electron chi connectivity index (χ4n) is 2.17. The summed E-state index contributed by atoms with van der Waals surface area (Å²) in [5.41, 5.74) is 0.120. The maximum absolute atomic E-state index is 13.4.